The summed E-state index contributed by atoms with van der Waals surface area (Å²) in [6.07, 6.45) is 7.32. The number of unbranched alkanes of at least 4 members (excludes halogenated alkanes) is 3. The Hall–Kier alpha value is -1.13. The lowest BCUT2D eigenvalue weighted by molar-refractivity contribution is -0.655. The van der Waals surface area contributed by atoms with Gasteiger partial charge in [0.25, 0.3) is 5.69 Å². The van der Waals surface area contributed by atoms with E-state index in [0.717, 1.165) is 12.8 Å². The molecule has 0 bridgehead atoms. The third kappa shape index (κ3) is 8.12. The van der Waals surface area contributed by atoms with Crippen LogP contribution in [0.25, 0.3) is 0 Å². The monoisotopic (exact) mass is 300 g/mol. The molecule has 0 saturated heterocycles. The van der Waals surface area contributed by atoms with E-state index >= 15 is 0 Å². The minimum atomic E-state index is -0.352. The lowest BCUT2D eigenvalue weighted by atomic mass is 10.1. The Labute approximate surface area is 127 Å². The highest BCUT2D eigenvalue weighted by Crippen LogP contribution is 2.13. The molecule has 0 heterocycles. The maximum absolute atomic E-state index is 10.5. The van der Waals surface area contributed by atoms with Crippen LogP contribution in [0.4, 0.5) is 5.69 Å². The molecule has 1 aromatic carbocycles. The number of quaternary nitrogens is 1. The third-order valence-corrected chi connectivity index (χ3v) is 3.28. The standard InChI is InChI=1S/C15H24N2O2.ClH/c1-2-3-5-12-16-13-6-4-7-14-8-10-15(11-9-14)17(18)19;/h8-11,16H,2-7,12-13H2,1H3;1H. The number of non-ortho nitro benzene ring substituents is 1. The summed E-state index contributed by atoms with van der Waals surface area (Å²) in [5.41, 5.74) is 1.37. The van der Waals surface area contributed by atoms with Crippen LogP contribution in [0.15, 0.2) is 24.3 Å². The minimum Gasteiger partial charge on any atom is -1.00 e. The van der Waals surface area contributed by atoms with E-state index in [9.17, 15) is 10.1 Å². The molecule has 2 N–H and O–H groups in total. The molecule has 0 aromatic heterocycles. The van der Waals surface area contributed by atoms with E-state index in [-0.39, 0.29) is 23.0 Å². The Kier molecular flexibility index (Phi) is 11.0. The summed E-state index contributed by atoms with van der Waals surface area (Å²) in [5, 5.41) is 12.9. The summed E-state index contributed by atoms with van der Waals surface area (Å²) in [4.78, 5) is 10.2. The van der Waals surface area contributed by atoms with Crippen LogP contribution < -0.4 is 17.7 Å². The molecule has 0 amide bonds. The van der Waals surface area contributed by atoms with E-state index in [0.29, 0.717) is 0 Å². The first-order valence-electron chi connectivity index (χ1n) is 7.29. The van der Waals surface area contributed by atoms with E-state index in [4.69, 9.17) is 0 Å². The normalized spacial score (nSPS) is 10.1. The fourth-order valence-corrected chi connectivity index (χ4v) is 2.09. The van der Waals surface area contributed by atoms with Crippen molar-refractivity contribution in [3.63, 3.8) is 0 Å². The predicted octanol–water partition coefficient (Wildman–Crippen LogP) is -0.325. The van der Waals surface area contributed by atoms with E-state index < -0.39 is 0 Å². The van der Waals surface area contributed by atoms with Gasteiger partial charge >= 0.3 is 0 Å². The number of nitro groups is 1. The van der Waals surface area contributed by atoms with Gasteiger partial charge in [-0.25, -0.2) is 0 Å². The number of halogens is 1. The fourth-order valence-electron chi connectivity index (χ4n) is 2.09. The first kappa shape index (κ1) is 18.9. The van der Waals surface area contributed by atoms with E-state index in [1.54, 1.807) is 12.1 Å². The smallest absolute Gasteiger partial charge is 0.269 e. The Bertz CT molecular complexity index is 369. The lowest BCUT2D eigenvalue weighted by Gasteiger charge is -2.02. The maximum atomic E-state index is 10.5. The van der Waals surface area contributed by atoms with Crippen LogP contribution in [0, 0.1) is 10.1 Å². The number of hydrogen-bond donors (Lipinski definition) is 1. The van der Waals surface area contributed by atoms with Crippen molar-refractivity contribution in [2.75, 3.05) is 13.1 Å². The summed E-state index contributed by atoms with van der Waals surface area (Å²) < 4.78 is 0. The molecule has 0 aliphatic carbocycles. The molecular formula is C15H25ClN2O2. The second-order valence-corrected chi connectivity index (χ2v) is 4.95. The number of benzene rings is 1. The number of nitrogens with zero attached hydrogens (tertiary/aromatic N) is 1. The van der Waals surface area contributed by atoms with Gasteiger partial charge in [0, 0.05) is 12.1 Å². The van der Waals surface area contributed by atoms with Gasteiger partial charge in [-0.2, -0.15) is 0 Å². The SMILES string of the molecule is CCCCC[NH2+]CCCCc1ccc([N+](=O)[O-])cc1.[Cl-]. The van der Waals surface area contributed by atoms with Crippen molar-refractivity contribution < 1.29 is 22.6 Å². The van der Waals surface area contributed by atoms with Gasteiger partial charge < -0.3 is 17.7 Å². The number of hydrogen-bond acceptors (Lipinski definition) is 2. The zero-order valence-corrected chi connectivity index (χ0v) is 12.9. The lowest BCUT2D eigenvalue weighted by Crippen LogP contribution is -3.00. The molecule has 0 aliphatic heterocycles. The second-order valence-electron chi connectivity index (χ2n) is 4.95. The van der Waals surface area contributed by atoms with Crippen molar-refractivity contribution >= 4 is 5.69 Å². The Balaban J connectivity index is 0.00000361. The average Bonchev–Trinajstić information content (AvgIpc) is 2.42. The van der Waals surface area contributed by atoms with Crippen molar-refractivity contribution in [3.05, 3.63) is 39.9 Å². The number of nitro benzene ring substituents is 1. The molecule has 0 fully saturated rings. The molecule has 4 nitrogen and oxygen atoms in total. The average molecular weight is 301 g/mol. The summed E-state index contributed by atoms with van der Waals surface area (Å²) >= 11 is 0. The Morgan fingerprint density at radius 3 is 2.20 bits per heavy atom. The highest BCUT2D eigenvalue weighted by molar-refractivity contribution is 5.32. The van der Waals surface area contributed by atoms with Gasteiger partial charge in [-0.3, -0.25) is 10.1 Å². The number of aryl methyl sites for hydroxylation is 1. The molecule has 0 radical (unpaired) electrons. The summed E-state index contributed by atoms with van der Waals surface area (Å²) in [6, 6.07) is 6.91. The van der Waals surface area contributed by atoms with Crippen LogP contribution in [0.1, 0.15) is 44.6 Å². The van der Waals surface area contributed by atoms with Crippen LogP contribution in [-0.4, -0.2) is 18.0 Å². The van der Waals surface area contributed by atoms with Crippen molar-refractivity contribution in [1.29, 1.82) is 0 Å². The van der Waals surface area contributed by atoms with Gasteiger partial charge in [0.15, 0.2) is 0 Å². The maximum Gasteiger partial charge on any atom is 0.269 e. The van der Waals surface area contributed by atoms with E-state index in [2.05, 4.69) is 12.2 Å². The first-order valence-corrected chi connectivity index (χ1v) is 7.29. The summed E-state index contributed by atoms with van der Waals surface area (Å²) in [6.45, 7) is 4.66. The van der Waals surface area contributed by atoms with Gasteiger partial charge in [-0.05, 0) is 37.7 Å². The zero-order valence-electron chi connectivity index (χ0n) is 12.2. The molecular weight excluding hydrogens is 276 g/mol. The predicted molar refractivity (Wildman–Crippen MR) is 77.2 cm³/mol. The number of rotatable bonds is 10. The molecule has 0 unspecified atom stereocenters. The highest BCUT2D eigenvalue weighted by Gasteiger charge is 2.03. The van der Waals surface area contributed by atoms with Crippen LogP contribution in [-0.2, 0) is 6.42 Å². The summed E-state index contributed by atoms with van der Waals surface area (Å²) in [7, 11) is 0. The van der Waals surface area contributed by atoms with Crippen molar-refractivity contribution in [1.82, 2.24) is 0 Å². The molecule has 1 aromatic rings. The van der Waals surface area contributed by atoms with Gasteiger partial charge in [-0.1, -0.05) is 25.5 Å². The van der Waals surface area contributed by atoms with Crippen molar-refractivity contribution in [3.8, 4) is 0 Å². The molecule has 5 heteroatoms. The topological polar surface area (TPSA) is 59.8 Å². The molecule has 1 rings (SSSR count). The van der Waals surface area contributed by atoms with Crippen LogP contribution >= 0.6 is 0 Å². The van der Waals surface area contributed by atoms with E-state index in [1.165, 1.54) is 44.3 Å². The quantitative estimate of drug-likeness (QED) is 0.366. The van der Waals surface area contributed by atoms with E-state index in [1.807, 2.05) is 12.1 Å². The fraction of sp³-hybridized carbons (Fsp3) is 0.600. The zero-order chi connectivity index (χ0) is 13.9. The Morgan fingerprint density at radius 2 is 1.65 bits per heavy atom. The second kappa shape index (κ2) is 11.7. The largest absolute Gasteiger partial charge is 1.00 e. The molecule has 114 valence electrons. The molecule has 0 aliphatic rings. The third-order valence-electron chi connectivity index (χ3n) is 3.28. The Morgan fingerprint density at radius 1 is 1.05 bits per heavy atom. The number of nitrogens with two attached hydrogens (primary N) is 1. The van der Waals surface area contributed by atoms with Gasteiger partial charge in [0.2, 0.25) is 0 Å². The van der Waals surface area contributed by atoms with Crippen LogP contribution in [0.2, 0.25) is 0 Å². The van der Waals surface area contributed by atoms with Gasteiger partial charge in [-0.15, -0.1) is 0 Å². The van der Waals surface area contributed by atoms with Crippen molar-refractivity contribution in [2.45, 2.75) is 45.4 Å². The molecule has 0 spiro atoms. The minimum absolute atomic E-state index is 0. The van der Waals surface area contributed by atoms with Gasteiger partial charge in [0.1, 0.15) is 0 Å². The summed E-state index contributed by atoms with van der Waals surface area (Å²) in [5.74, 6) is 0. The molecule has 0 atom stereocenters. The van der Waals surface area contributed by atoms with Crippen LogP contribution in [0.5, 0.6) is 0 Å². The van der Waals surface area contributed by atoms with Crippen LogP contribution in [0.3, 0.4) is 0 Å². The molecule has 20 heavy (non-hydrogen) atoms. The first-order chi connectivity index (χ1) is 9.24. The molecule has 0 saturated carbocycles. The van der Waals surface area contributed by atoms with Crippen molar-refractivity contribution in [2.24, 2.45) is 0 Å². The highest BCUT2D eigenvalue weighted by atomic mass is 35.5. The van der Waals surface area contributed by atoms with Gasteiger partial charge in [0.05, 0.1) is 18.0 Å².